The molecule has 0 unspecified atom stereocenters. The predicted molar refractivity (Wildman–Crippen MR) is 60.7 cm³/mol. The highest BCUT2D eigenvalue weighted by molar-refractivity contribution is 5.05. The molecular formula is C12H21NO2. The van der Waals surface area contributed by atoms with Crippen molar-refractivity contribution in [3.63, 3.8) is 0 Å². The van der Waals surface area contributed by atoms with E-state index >= 15 is 0 Å². The van der Waals surface area contributed by atoms with Crippen molar-refractivity contribution in [2.75, 3.05) is 13.6 Å². The lowest BCUT2D eigenvalue weighted by atomic mass is 10.1. The Morgan fingerprint density at radius 1 is 1.40 bits per heavy atom. The van der Waals surface area contributed by atoms with Gasteiger partial charge in [-0.25, -0.2) is 0 Å². The average Bonchev–Trinajstić information content (AvgIpc) is 2.47. The summed E-state index contributed by atoms with van der Waals surface area (Å²) in [5, 5.41) is 9.59. The summed E-state index contributed by atoms with van der Waals surface area (Å²) >= 11 is 0. The Bertz CT molecular complexity index is 299. The first-order valence-corrected chi connectivity index (χ1v) is 5.33. The highest BCUT2D eigenvalue weighted by atomic mass is 16.3. The Labute approximate surface area is 91.7 Å². The van der Waals surface area contributed by atoms with Crippen LogP contribution in [-0.4, -0.2) is 29.2 Å². The van der Waals surface area contributed by atoms with E-state index in [-0.39, 0.29) is 0 Å². The topological polar surface area (TPSA) is 36.6 Å². The average molecular weight is 211 g/mol. The molecule has 3 nitrogen and oxygen atoms in total. The van der Waals surface area contributed by atoms with Gasteiger partial charge in [0, 0.05) is 6.54 Å². The monoisotopic (exact) mass is 211 g/mol. The van der Waals surface area contributed by atoms with E-state index in [1.54, 1.807) is 0 Å². The van der Waals surface area contributed by atoms with E-state index in [0.717, 1.165) is 31.0 Å². The van der Waals surface area contributed by atoms with Crippen molar-refractivity contribution in [3.8, 4) is 0 Å². The third-order valence-corrected chi connectivity index (χ3v) is 2.33. The second-order valence-electron chi connectivity index (χ2n) is 4.81. The molecule has 0 atom stereocenters. The summed E-state index contributed by atoms with van der Waals surface area (Å²) in [5.41, 5.74) is -0.590. The van der Waals surface area contributed by atoms with E-state index < -0.39 is 5.60 Å². The molecule has 0 radical (unpaired) electrons. The zero-order valence-corrected chi connectivity index (χ0v) is 10.1. The van der Waals surface area contributed by atoms with Gasteiger partial charge in [0.2, 0.25) is 0 Å². The second kappa shape index (κ2) is 4.81. The molecule has 0 saturated heterocycles. The largest absolute Gasteiger partial charge is 0.465 e. The lowest BCUT2D eigenvalue weighted by Crippen LogP contribution is -2.28. The van der Waals surface area contributed by atoms with E-state index in [2.05, 4.69) is 4.90 Å². The lowest BCUT2D eigenvalue weighted by Gasteiger charge is -2.21. The van der Waals surface area contributed by atoms with Crippen molar-refractivity contribution in [1.82, 2.24) is 4.90 Å². The van der Waals surface area contributed by atoms with Crippen molar-refractivity contribution in [1.29, 1.82) is 0 Å². The van der Waals surface area contributed by atoms with E-state index in [1.165, 1.54) is 0 Å². The van der Waals surface area contributed by atoms with Gasteiger partial charge in [0.1, 0.15) is 11.5 Å². The van der Waals surface area contributed by atoms with Crippen LogP contribution in [0, 0.1) is 6.92 Å². The van der Waals surface area contributed by atoms with Crippen molar-refractivity contribution in [2.45, 2.75) is 39.3 Å². The smallest absolute Gasteiger partial charge is 0.118 e. The van der Waals surface area contributed by atoms with Crippen LogP contribution in [0.1, 0.15) is 31.8 Å². The first-order chi connectivity index (χ1) is 6.87. The zero-order valence-electron chi connectivity index (χ0n) is 10.1. The maximum Gasteiger partial charge on any atom is 0.118 e. The van der Waals surface area contributed by atoms with Crippen LogP contribution in [0.2, 0.25) is 0 Å². The number of nitrogens with zero attached hydrogens (tertiary/aromatic N) is 1. The number of aryl methyl sites for hydroxylation is 1. The molecule has 0 fully saturated rings. The van der Waals surface area contributed by atoms with Crippen LogP contribution < -0.4 is 0 Å². The minimum absolute atomic E-state index is 0.590. The van der Waals surface area contributed by atoms with Crippen molar-refractivity contribution >= 4 is 0 Å². The van der Waals surface area contributed by atoms with Crippen LogP contribution in [0.4, 0.5) is 0 Å². The normalized spacial score (nSPS) is 12.4. The Morgan fingerprint density at radius 3 is 2.53 bits per heavy atom. The fraction of sp³-hybridized carbons (Fsp3) is 0.667. The highest BCUT2D eigenvalue weighted by Gasteiger charge is 2.13. The molecule has 0 spiro atoms. The van der Waals surface area contributed by atoms with Gasteiger partial charge in [-0.3, -0.25) is 4.90 Å². The highest BCUT2D eigenvalue weighted by Crippen LogP contribution is 2.11. The minimum atomic E-state index is -0.590. The van der Waals surface area contributed by atoms with Gasteiger partial charge in [0.25, 0.3) is 0 Å². The van der Waals surface area contributed by atoms with E-state index in [1.807, 2.05) is 40.0 Å². The van der Waals surface area contributed by atoms with Crippen molar-refractivity contribution < 1.29 is 9.52 Å². The van der Waals surface area contributed by atoms with Crippen LogP contribution in [-0.2, 0) is 6.54 Å². The van der Waals surface area contributed by atoms with Crippen LogP contribution in [0.3, 0.4) is 0 Å². The Kier molecular flexibility index (Phi) is 3.94. The molecule has 0 amide bonds. The van der Waals surface area contributed by atoms with Crippen LogP contribution in [0.25, 0.3) is 0 Å². The summed E-state index contributed by atoms with van der Waals surface area (Å²) in [5.74, 6) is 1.92. The molecule has 0 aliphatic carbocycles. The summed E-state index contributed by atoms with van der Waals surface area (Å²) in [6.07, 6.45) is 0.767. The maximum absolute atomic E-state index is 9.59. The van der Waals surface area contributed by atoms with Gasteiger partial charge in [-0.05, 0) is 46.4 Å². The molecule has 0 aliphatic heterocycles. The van der Waals surface area contributed by atoms with E-state index in [4.69, 9.17) is 4.42 Å². The molecule has 0 bridgehead atoms. The molecule has 0 saturated carbocycles. The Morgan fingerprint density at radius 2 is 2.07 bits per heavy atom. The second-order valence-corrected chi connectivity index (χ2v) is 4.81. The van der Waals surface area contributed by atoms with Gasteiger partial charge in [-0.1, -0.05) is 0 Å². The lowest BCUT2D eigenvalue weighted by molar-refractivity contribution is 0.0592. The molecule has 0 aromatic carbocycles. The van der Waals surface area contributed by atoms with Crippen LogP contribution in [0.15, 0.2) is 16.5 Å². The first kappa shape index (κ1) is 12.3. The molecule has 1 aromatic heterocycles. The fourth-order valence-corrected chi connectivity index (χ4v) is 1.38. The summed E-state index contributed by atoms with van der Waals surface area (Å²) in [6, 6.07) is 3.97. The molecule has 0 aliphatic rings. The number of hydrogen-bond acceptors (Lipinski definition) is 3. The SMILES string of the molecule is Cc1ccc(CN(C)CCC(C)(C)O)o1. The van der Waals surface area contributed by atoms with Crippen LogP contribution >= 0.6 is 0 Å². The van der Waals surface area contributed by atoms with Crippen molar-refractivity contribution in [3.05, 3.63) is 23.7 Å². The molecule has 3 heteroatoms. The first-order valence-electron chi connectivity index (χ1n) is 5.33. The summed E-state index contributed by atoms with van der Waals surface area (Å²) in [6.45, 7) is 7.27. The van der Waals surface area contributed by atoms with Gasteiger partial charge in [-0.15, -0.1) is 0 Å². The van der Waals surface area contributed by atoms with E-state index in [9.17, 15) is 5.11 Å². The van der Waals surface area contributed by atoms with Gasteiger partial charge >= 0.3 is 0 Å². The zero-order chi connectivity index (χ0) is 11.5. The third kappa shape index (κ3) is 5.00. The molecule has 1 rings (SSSR count). The summed E-state index contributed by atoms with van der Waals surface area (Å²) in [4.78, 5) is 2.15. The van der Waals surface area contributed by atoms with Crippen LogP contribution in [0.5, 0.6) is 0 Å². The quantitative estimate of drug-likeness (QED) is 0.811. The number of hydrogen-bond donors (Lipinski definition) is 1. The molecular weight excluding hydrogens is 190 g/mol. The van der Waals surface area contributed by atoms with Gasteiger partial charge in [0.05, 0.1) is 12.1 Å². The number of rotatable bonds is 5. The predicted octanol–water partition coefficient (Wildman–Crippen LogP) is 2.18. The maximum atomic E-state index is 9.59. The van der Waals surface area contributed by atoms with Gasteiger partial charge < -0.3 is 9.52 Å². The molecule has 86 valence electrons. The fourth-order valence-electron chi connectivity index (χ4n) is 1.38. The number of furan rings is 1. The number of aliphatic hydroxyl groups is 1. The summed E-state index contributed by atoms with van der Waals surface area (Å²) < 4.78 is 5.48. The standard InChI is InChI=1S/C12H21NO2/c1-10-5-6-11(15-10)9-13(4)8-7-12(2,3)14/h5-6,14H,7-9H2,1-4H3. The van der Waals surface area contributed by atoms with Gasteiger partial charge in [-0.2, -0.15) is 0 Å². The van der Waals surface area contributed by atoms with Crippen molar-refractivity contribution in [2.24, 2.45) is 0 Å². The Hall–Kier alpha value is -0.800. The summed E-state index contributed by atoms with van der Waals surface area (Å²) in [7, 11) is 2.03. The molecule has 1 N–H and O–H groups in total. The third-order valence-electron chi connectivity index (χ3n) is 2.33. The van der Waals surface area contributed by atoms with Gasteiger partial charge in [0.15, 0.2) is 0 Å². The minimum Gasteiger partial charge on any atom is -0.465 e. The molecule has 15 heavy (non-hydrogen) atoms. The molecule has 1 heterocycles. The Balaban J connectivity index is 2.33. The van der Waals surface area contributed by atoms with E-state index in [0.29, 0.717) is 0 Å². The molecule has 1 aromatic rings.